The number of hydrogen-bond donors (Lipinski definition) is 2. The lowest BCUT2D eigenvalue weighted by Crippen LogP contribution is -2.54. The molecule has 5 aliphatic heterocycles. The van der Waals surface area contributed by atoms with Crippen molar-refractivity contribution in [3.8, 4) is 22.6 Å². The number of piperazine rings is 1. The lowest BCUT2D eigenvalue weighted by Gasteiger charge is -2.38. The van der Waals surface area contributed by atoms with Gasteiger partial charge in [-0.2, -0.15) is 0 Å². The molecule has 16 heteroatoms. The Labute approximate surface area is 361 Å². The number of anilines is 1. The van der Waals surface area contributed by atoms with E-state index >= 15 is 0 Å². The summed E-state index contributed by atoms with van der Waals surface area (Å²) in [5.41, 5.74) is 5.92. The van der Waals surface area contributed by atoms with Crippen LogP contribution in [0.1, 0.15) is 82.4 Å². The molecule has 1 unspecified atom stereocenters. The summed E-state index contributed by atoms with van der Waals surface area (Å²) >= 11 is 0. The number of imide groups is 2. The van der Waals surface area contributed by atoms with Crippen molar-refractivity contribution in [2.24, 2.45) is 13.0 Å². The molecular weight excluding hydrogens is 793 g/mol. The smallest absolute Gasteiger partial charge is 0.317 e. The van der Waals surface area contributed by atoms with Gasteiger partial charge in [-0.05, 0) is 112 Å². The Balaban J connectivity index is 0.773. The first-order valence-corrected chi connectivity index (χ1v) is 22.1. The largest absolute Gasteiger partial charge is 0.496 e. The van der Waals surface area contributed by atoms with Gasteiger partial charge in [-0.25, -0.2) is 4.79 Å². The number of hydrogen-bond acceptors (Lipinski definition) is 11. The van der Waals surface area contributed by atoms with Gasteiger partial charge in [0, 0.05) is 81.8 Å². The average molecular weight is 849 g/mol. The lowest BCUT2D eigenvalue weighted by molar-refractivity contribution is -0.136. The first-order valence-electron chi connectivity index (χ1n) is 22.1. The predicted octanol–water partition coefficient (Wildman–Crippen LogP) is 3.13. The summed E-state index contributed by atoms with van der Waals surface area (Å²) < 4.78 is 13.6. The molecule has 0 bridgehead atoms. The van der Waals surface area contributed by atoms with Gasteiger partial charge in [-0.1, -0.05) is 0 Å². The summed E-state index contributed by atoms with van der Waals surface area (Å²) in [7, 11) is 5.14. The summed E-state index contributed by atoms with van der Waals surface area (Å²) in [6.45, 7) is 7.94. The van der Waals surface area contributed by atoms with Crippen LogP contribution in [0.25, 0.3) is 11.1 Å². The van der Waals surface area contributed by atoms with Crippen LogP contribution >= 0.6 is 0 Å². The molecule has 6 aliphatic rings. The fraction of sp³-hybridized carbons (Fsp3) is 0.522. The van der Waals surface area contributed by atoms with Crippen LogP contribution in [0, 0.1) is 5.92 Å². The molecule has 6 heterocycles. The molecule has 1 atom stereocenters. The van der Waals surface area contributed by atoms with Crippen molar-refractivity contribution in [2.45, 2.75) is 76.5 Å². The topological polar surface area (TPSA) is 166 Å². The Kier molecular flexibility index (Phi) is 11.5. The highest BCUT2D eigenvalue weighted by atomic mass is 16.5. The molecule has 4 fully saturated rings. The number of methoxy groups -OCH3 is 2. The standard InChI is InChI=1S/C46H56N8O8/c1-49-25-35(32-13-17-53(27-36(32)43(49)57)46(60)47-30-4-5-30)29-22-39(61-2)37(40(23-29)62-3)26-51-15-11-28(12-16-51)10-14-50-18-20-52(21-19-50)31-6-7-33-34(24-31)45(59)54(44(33)58)38-8-9-41(55)48-42(38)56/h6-7,22-25,28,30,38H,4-5,8-21,26-27H2,1-3H3,(H,47,60)(H,48,55,56). The van der Waals surface area contributed by atoms with Gasteiger partial charge >= 0.3 is 6.03 Å². The highest BCUT2D eigenvalue weighted by Crippen LogP contribution is 2.39. The van der Waals surface area contributed by atoms with Gasteiger partial charge in [-0.15, -0.1) is 0 Å². The van der Waals surface area contributed by atoms with E-state index < -0.39 is 29.7 Å². The second-order valence-corrected chi connectivity index (χ2v) is 17.7. The van der Waals surface area contributed by atoms with E-state index in [9.17, 15) is 28.8 Å². The molecule has 3 aromatic rings. The van der Waals surface area contributed by atoms with Crippen LogP contribution in [0.4, 0.5) is 10.5 Å². The zero-order valence-corrected chi connectivity index (χ0v) is 35.9. The van der Waals surface area contributed by atoms with Crippen molar-refractivity contribution in [3.63, 3.8) is 0 Å². The number of aryl methyl sites for hydroxylation is 1. The maximum Gasteiger partial charge on any atom is 0.317 e. The van der Waals surface area contributed by atoms with Gasteiger partial charge < -0.3 is 29.2 Å². The van der Waals surface area contributed by atoms with Crippen molar-refractivity contribution in [3.05, 3.63) is 74.7 Å². The Morgan fingerprint density at radius 2 is 1.48 bits per heavy atom. The summed E-state index contributed by atoms with van der Waals surface area (Å²) in [4.78, 5) is 86.9. The minimum Gasteiger partial charge on any atom is -0.496 e. The maximum absolute atomic E-state index is 13.4. The number of aromatic nitrogens is 1. The van der Waals surface area contributed by atoms with Crippen LogP contribution in [-0.4, -0.2) is 132 Å². The van der Waals surface area contributed by atoms with Crippen molar-refractivity contribution in [1.29, 1.82) is 0 Å². The Hall–Kier alpha value is -5.74. The van der Waals surface area contributed by atoms with E-state index in [4.69, 9.17) is 9.47 Å². The number of piperidine rings is 2. The van der Waals surface area contributed by atoms with Crippen molar-refractivity contribution >= 4 is 35.3 Å². The quantitative estimate of drug-likeness (QED) is 0.273. The third-order valence-electron chi connectivity index (χ3n) is 13.8. The number of carbonyl (C=O) groups excluding carboxylic acids is 5. The number of ether oxygens (including phenoxy) is 2. The number of amides is 6. The molecule has 62 heavy (non-hydrogen) atoms. The molecule has 16 nitrogen and oxygen atoms in total. The molecule has 2 aromatic carbocycles. The maximum atomic E-state index is 13.4. The molecule has 3 saturated heterocycles. The Morgan fingerprint density at radius 3 is 2.16 bits per heavy atom. The third kappa shape index (κ3) is 8.17. The van der Waals surface area contributed by atoms with Crippen LogP contribution in [0.3, 0.4) is 0 Å². The third-order valence-corrected chi connectivity index (χ3v) is 13.8. The van der Waals surface area contributed by atoms with E-state index in [1.807, 2.05) is 12.3 Å². The zero-order valence-electron chi connectivity index (χ0n) is 35.9. The van der Waals surface area contributed by atoms with Gasteiger partial charge in [0.25, 0.3) is 17.4 Å². The second kappa shape index (κ2) is 17.2. The first kappa shape index (κ1) is 41.6. The summed E-state index contributed by atoms with van der Waals surface area (Å²) in [5.74, 6) is 0.163. The van der Waals surface area contributed by atoms with E-state index in [2.05, 4.69) is 37.5 Å². The first-order chi connectivity index (χ1) is 30.0. The molecule has 1 saturated carbocycles. The van der Waals surface area contributed by atoms with Crippen molar-refractivity contribution in [1.82, 2.24) is 34.8 Å². The van der Waals surface area contributed by atoms with E-state index in [1.54, 1.807) is 42.9 Å². The predicted molar refractivity (Wildman–Crippen MR) is 230 cm³/mol. The van der Waals surface area contributed by atoms with Crippen LogP contribution in [-0.2, 0) is 36.1 Å². The fourth-order valence-electron chi connectivity index (χ4n) is 9.92. The monoisotopic (exact) mass is 848 g/mol. The van der Waals surface area contributed by atoms with E-state index in [0.717, 1.165) is 122 Å². The number of rotatable bonds is 11. The zero-order chi connectivity index (χ0) is 43.2. The van der Waals surface area contributed by atoms with Crippen LogP contribution in [0.5, 0.6) is 11.5 Å². The summed E-state index contributed by atoms with van der Waals surface area (Å²) in [6, 6.07) is 8.63. The number of benzene rings is 2. The summed E-state index contributed by atoms with van der Waals surface area (Å²) in [6.07, 6.45) is 8.09. The number of urea groups is 1. The minimum atomic E-state index is -0.974. The highest BCUT2D eigenvalue weighted by Gasteiger charge is 2.45. The van der Waals surface area contributed by atoms with E-state index in [0.29, 0.717) is 42.1 Å². The number of likely N-dealkylation sites (tertiary alicyclic amines) is 1. The van der Waals surface area contributed by atoms with Gasteiger partial charge in [-0.3, -0.25) is 44.0 Å². The molecule has 1 aromatic heterocycles. The molecule has 0 spiro atoms. The summed E-state index contributed by atoms with van der Waals surface area (Å²) in [5, 5.41) is 5.31. The highest BCUT2D eigenvalue weighted by molar-refractivity contribution is 6.23. The van der Waals surface area contributed by atoms with Crippen molar-refractivity contribution in [2.75, 3.05) is 71.5 Å². The molecule has 9 rings (SSSR count). The Morgan fingerprint density at radius 1 is 0.774 bits per heavy atom. The van der Waals surface area contributed by atoms with Crippen LogP contribution in [0.2, 0.25) is 0 Å². The average Bonchev–Trinajstić information content (AvgIpc) is 4.07. The molecule has 1 aliphatic carbocycles. The lowest BCUT2D eigenvalue weighted by atomic mass is 9.91. The fourth-order valence-corrected chi connectivity index (χ4v) is 9.92. The molecule has 6 amide bonds. The molecule has 2 N–H and O–H groups in total. The van der Waals surface area contributed by atoms with E-state index in [1.165, 1.54) is 0 Å². The number of pyridine rings is 1. The van der Waals surface area contributed by atoms with Crippen LogP contribution < -0.4 is 30.6 Å². The van der Waals surface area contributed by atoms with Crippen LogP contribution in [0.15, 0.2) is 41.3 Å². The number of nitrogens with zero attached hydrogens (tertiary/aromatic N) is 6. The van der Waals surface area contributed by atoms with E-state index in [-0.39, 0.29) is 37.0 Å². The number of fused-ring (bicyclic) bond motifs is 2. The SMILES string of the molecule is COc1cc(-c2cn(C)c(=O)c3c2CCN(C(=O)NC2CC2)C3)cc(OC)c1CN1CCC(CCN2CCN(c3ccc4c(c3)C(=O)N(C3CCC(=O)NC3=O)C4=O)CC2)CC1. The Bertz CT molecular complexity index is 2340. The normalized spacial score (nSPS) is 21.2. The minimum absolute atomic E-state index is 0.0797. The molecular formula is C46H56N8O8. The van der Waals surface area contributed by atoms with Gasteiger partial charge in [0.2, 0.25) is 11.8 Å². The van der Waals surface area contributed by atoms with Gasteiger partial charge in [0.1, 0.15) is 17.5 Å². The molecule has 328 valence electrons. The van der Waals surface area contributed by atoms with Gasteiger partial charge in [0.05, 0.1) is 37.5 Å². The van der Waals surface area contributed by atoms with Gasteiger partial charge in [0.15, 0.2) is 0 Å². The number of carbonyl (C=O) groups is 5. The van der Waals surface area contributed by atoms with Crippen molar-refractivity contribution < 1.29 is 33.4 Å². The second-order valence-electron chi connectivity index (χ2n) is 17.7. The molecule has 0 radical (unpaired) electrons. The number of nitrogens with one attached hydrogen (secondary N) is 2.